The Balaban J connectivity index is 1.94. The maximum atomic E-state index is 12.0. The topological polar surface area (TPSA) is 48.0 Å². The van der Waals surface area contributed by atoms with Gasteiger partial charge in [-0.05, 0) is 55.4 Å². The molecule has 0 amide bonds. The highest BCUT2D eigenvalue weighted by Crippen LogP contribution is 2.44. The summed E-state index contributed by atoms with van der Waals surface area (Å²) in [7, 11) is 3.34. The van der Waals surface area contributed by atoms with Gasteiger partial charge in [-0.15, -0.1) is 0 Å². The van der Waals surface area contributed by atoms with Gasteiger partial charge in [-0.1, -0.05) is 12.5 Å². The fourth-order valence-electron chi connectivity index (χ4n) is 4.23. The average Bonchev–Trinajstić information content (AvgIpc) is 2.66. The van der Waals surface area contributed by atoms with E-state index in [1.165, 1.54) is 16.7 Å². The second-order valence-corrected chi connectivity index (χ2v) is 6.95. The number of esters is 1. The van der Waals surface area contributed by atoms with E-state index in [1.54, 1.807) is 20.3 Å². The van der Waals surface area contributed by atoms with Crippen LogP contribution < -0.4 is 9.47 Å². The van der Waals surface area contributed by atoms with Crippen LogP contribution in [0.4, 0.5) is 0 Å². The van der Waals surface area contributed by atoms with Crippen LogP contribution in [0.15, 0.2) is 23.8 Å². The summed E-state index contributed by atoms with van der Waals surface area (Å²) in [6, 6.07) is 4.49. The second kappa shape index (κ2) is 8.12. The Bertz CT molecular complexity index is 697. The van der Waals surface area contributed by atoms with E-state index in [-0.39, 0.29) is 12.0 Å². The van der Waals surface area contributed by atoms with Gasteiger partial charge in [-0.3, -0.25) is 4.90 Å². The molecule has 5 heteroatoms. The summed E-state index contributed by atoms with van der Waals surface area (Å²) in [5, 5.41) is 0. The number of carbonyl (C=O) groups excluding carboxylic acids is 1. The first-order valence-corrected chi connectivity index (χ1v) is 9.47. The molecule has 1 aromatic carbocycles. The number of nitrogens with zero attached hydrogens (tertiary/aromatic N) is 1. The van der Waals surface area contributed by atoms with Crippen LogP contribution in [-0.2, 0) is 16.0 Å². The second-order valence-electron chi connectivity index (χ2n) is 6.95. The third kappa shape index (κ3) is 3.58. The molecule has 142 valence electrons. The molecule has 3 rings (SSSR count). The highest BCUT2D eigenvalue weighted by atomic mass is 16.5. The van der Waals surface area contributed by atoms with E-state index in [9.17, 15) is 4.79 Å². The lowest BCUT2D eigenvalue weighted by molar-refractivity contribution is -0.137. The Hall–Kier alpha value is -2.01. The Morgan fingerprint density at radius 3 is 2.62 bits per heavy atom. The minimum atomic E-state index is -0.224. The van der Waals surface area contributed by atoms with Gasteiger partial charge in [0.25, 0.3) is 0 Å². The number of fused-ring (bicyclic) bond motifs is 3. The van der Waals surface area contributed by atoms with Crippen molar-refractivity contribution in [3.63, 3.8) is 0 Å². The number of hydrogen-bond donors (Lipinski definition) is 0. The largest absolute Gasteiger partial charge is 0.493 e. The summed E-state index contributed by atoms with van der Waals surface area (Å²) >= 11 is 0. The Morgan fingerprint density at radius 2 is 1.96 bits per heavy atom. The first-order chi connectivity index (χ1) is 12.6. The SMILES string of the molecule is CCOC(=O)/C=C1/C[C@H]2c3cc(OC)c(OC)cc3CCN2C[C@@H]1CC. The molecule has 0 N–H and O–H groups in total. The van der Waals surface area contributed by atoms with Gasteiger partial charge >= 0.3 is 5.97 Å². The zero-order chi connectivity index (χ0) is 18.7. The number of rotatable bonds is 5. The molecule has 26 heavy (non-hydrogen) atoms. The van der Waals surface area contributed by atoms with E-state index < -0.39 is 0 Å². The monoisotopic (exact) mass is 359 g/mol. The number of methoxy groups -OCH3 is 2. The van der Waals surface area contributed by atoms with Crippen molar-refractivity contribution < 1.29 is 19.0 Å². The summed E-state index contributed by atoms with van der Waals surface area (Å²) in [5.41, 5.74) is 3.81. The van der Waals surface area contributed by atoms with Crippen molar-refractivity contribution in [1.29, 1.82) is 0 Å². The molecular weight excluding hydrogens is 330 g/mol. The van der Waals surface area contributed by atoms with Crippen molar-refractivity contribution in [3.8, 4) is 11.5 Å². The summed E-state index contributed by atoms with van der Waals surface area (Å²) < 4.78 is 16.1. The fraction of sp³-hybridized carbons (Fsp3) is 0.571. The van der Waals surface area contributed by atoms with Gasteiger partial charge in [-0.25, -0.2) is 4.79 Å². The minimum Gasteiger partial charge on any atom is -0.493 e. The first kappa shape index (κ1) is 18.8. The summed E-state index contributed by atoms with van der Waals surface area (Å²) in [6.45, 7) is 6.47. The van der Waals surface area contributed by atoms with E-state index in [4.69, 9.17) is 14.2 Å². The van der Waals surface area contributed by atoms with Crippen LogP contribution in [0, 0.1) is 5.92 Å². The maximum Gasteiger partial charge on any atom is 0.330 e. The Morgan fingerprint density at radius 1 is 1.23 bits per heavy atom. The lowest BCUT2D eigenvalue weighted by atomic mass is 9.79. The van der Waals surface area contributed by atoms with E-state index in [0.717, 1.165) is 43.9 Å². The van der Waals surface area contributed by atoms with Crippen LogP contribution in [0.5, 0.6) is 11.5 Å². The van der Waals surface area contributed by atoms with E-state index >= 15 is 0 Å². The molecule has 1 aromatic rings. The Kier molecular flexibility index (Phi) is 5.87. The number of carbonyl (C=O) groups is 1. The molecule has 0 spiro atoms. The number of benzene rings is 1. The Labute approximate surface area is 155 Å². The van der Waals surface area contributed by atoms with E-state index in [1.807, 2.05) is 6.92 Å². The number of piperidine rings is 1. The molecule has 1 saturated heterocycles. The molecule has 5 nitrogen and oxygen atoms in total. The molecule has 0 saturated carbocycles. The normalized spacial score (nSPS) is 23.9. The quantitative estimate of drug-likeness (QED) is 0.595. The number of ether oxygens (including phenoxy) is 3. The minimum absolute atomic E-state index is 0.224. The van der Waals surface area contributed by atoms with Gasteiger partial charge in [0, 0.05) is 25.2 Å². The summed E-state index contributed by atoms with van der Waals surface area (Å²) in [6.07, 6.45) is 4.64. The zero-order valence-corrected chi connectivity index (χ0v) is 16.2. The van der Waals surface area contributed by atoms with Gasteiger partial charge in [0.15, 0.2) is 11.5 Å². The van der Waals surface area contributed by atoms with E-state index in [0.29, 0.717) is 12.5 Å². The van der Waals surface area contributed by atoms with Crippen molar-refractivity contribution in [2.75, 3.05) is 33.9 Å². The van der Waals surface area contributed by atoms with Crippen molar-refractivity contribution in [1.82, 2.24) is 4.90 Å². The molecule has 2 aliphatic rings. The van der Waals surface area contributed by atoms with Gasteiger partial charge in [0.2, 0.25) is 0 Å². The maximum absolute atomic E-state index is 12.0. The molecule has 2 aliphatic heterocycles. The first-order valence-electron chi connectivity index (χ1n) is 9.47. The molecule has 0 bridgehead atoms. The van der Waals surface area contributed by atoms with Crippen LogP contribution in [0.2, 0.25) is 0 Å². The highest BCUT2D eigenvalue weighted by molar-refractivity contribution is 5.83. The standard InChI is InChI=1S/C21H29NO4/c1-5-14-13-22-8-7-15-10-19(24-3)20(25-4)12-17(15)18(22)9-16(14)11-21(23)26-6-2/h10-12,14,18H,5-9,13H2,1-4H3/b16-11-/t14-,18-/m0/s1. The average molecular weight is 359 g/mol. The van der Waals surface area contributed by atoms with Crippen LogP contribution in [0.3, 0.4) is 0 Å². The van der Waals surface area contributed by atoms with Gasteiger partial charge in [0.1, 0.15) is 0 Å². The van der Waals surface area contributed by atoms with Gasteiger partial charge in [0.05, 0.1) is 20.8 Å². The van der Waals surface area contributed by atoms with E-state index in [2.05, 4.69) is 24.0 Å². The third-order valence-corrected chi connectivity index (χ3v) is 5.60. The predicted molar refractivity (Wildman–Crippen MR) is 101 cm³/mol. The lowest BCUT2D eigenvalue weighted by Crippen LogP contribution is -2.43. The highest BCUT2D eigenvalue weighted by Gasteiger charge is 2.36. The molecular formula is C21H29NO4. The van der Waals surface area contributed by atoms with Crippen LogP contribution in [0.25, 0.3) is 0 Å². The molecule has 0 unspecified atom stereocenters. The van der Waals surface area contributed by atoms with Gasteiger partial charge < -0.3 is 14.2 Å². The molecule has 2 atom stereocenters. The predicted octanol–water partition coefficient (Wildman–Crippen LogP) is 3.52. The van der Waals surface area contributed by atoms with Gasteiger partial charge in [-0.2, -0.15) is 0 Å². The molecule has 0 radical (unpaired) electrons. The third-order valence-electron chi connectivity index (χ3n) is 5.60. The lowest BCUT2D eigenvalue weighted by Gasteiger charge is -2.45. The van der Waals surface area contributed by atoms with Crippen LogP contribution >= 0.6 is 0 Å². The number of hydrogen-bond acceptors (Lipinski definition) is 5. The molecule has 0 aromatic heterocycles. The van der Waals surface area contributed by atoms with Crippen molar-refractivity contribution in [3.05, 3.63) is 34.9 Å². The van der Waals surface area contributed by atoms with Crippen molar-refractivity contribution in [2.24, 2.45) is 5.92 Å². The van der Waals surface area contributed by atoms with Crippen LogP contribution in [-0.4, -0.2) is 44.8 Å². The van der Waals surface area contributed by atoms with Crippen molar-refractivity contribution >= 4 is 5.97 Å². The smallest absolute Gasteiger partial charge is 0.330 e. The summed E-state index contributed by atoms with van der Waals surface area (Å²) in [4.78, 5) is 14.6. The fourth-order valence-corrected chi connectivity index (χ4v) is 4.23. The van der Waals surface area contributed by atoms with Crippen molar-refractivity contribution in [2.45, 2.75) is 39.2 Å². The zero-order valence-electron chi connectivity index (χ0n) is 16.2. The molecule has 2 heterocycles. The summed E-state index contributed by atoms with van der Waals surface area (Å²) in [5.74, 6) is 1.74. The molecule has 1 fully saturated rings. The van der Waals surface area contributed by atoms with Crippen LogP contribution in [0.1, 0.15) is 43.9 Å². The molecule has 0 aliphatic carbocycles.